The second kappa shape index (κ2) is 4.78. The SMILES string of the molecule is CCn1nc(C(=O)O)c(Cl)c1-c1cccc(F)c1. The molecule has 6 heteroatoms. The fourth-order valence-corrected chi connectivity index (χ4v) is 2.04. The van der Waals surface area contributed by atoms with Gasteiger partial charge in [-0.25, -0.2) is 9.18 Å². The van der Waals surface area contributed by atoms with Crippen LogP contribution in [-0.4, -0.2) is 20.9 Å². The molecule has 0 spiro atoms. The minimum absolute atomic E-state index is 0.0231. The van der Waals surface area contributed by atoms with Crippen molar-refractivity contribution in [2.75, 3.05) is 0 Å². The van der Waals surface area contributed by atoms with Crippen LogP contribution in [0.1, 0.15) is 17.4 Å². The van der Waals surface area contributed by atoms with Crippen molar-refractivity contribution < 1.29 is 14.3 Å². The summed E-state index contributed by atoms with van der Waals surface area (Å²) in [5, 5.41) is 12.9. The number of rotatable bonds is 3. The number of aryl methyl sites for hydroxylation is 1. The van der Waals surface area contributed by atoms with Crippen LogP contribution in [0.3, 0.4) is 0 Å². The van der Waals surface area contributed by atoms with Crippen molar-refractivity contribution in [3.05, 3.63) is 40.8 Å². The Balaban J connectivity index is 2.66. The molecule has 0 aliphatic carbocycles. The number of carbonyl (C=O) groups is 1. The quantitative estimate of drug-likeness (QED) is 0.931. The molecule has 0 atom stereocenters. The van der Waals surface area contributed by atoms with E-state index in [9.17, 15) is 9.18 Å². The second-order valence-corrected chi connectivity index (χ2v) is 4.02. The standard InChI is InChI=1S/C12H10ClFN2O2/c1-2-16-11(7-4-3-5-8(14)6-7)9(13)10(15-16)12(17)18/h3-6H,2H2,1H3,(H,17,18). The van der Waals surface area contributed by atoms with Gasteiger partial charge in [-0.05, 0) is 19.1 Å². The van der Waals surface area contributed by atoms with Crippen molar-refractivity contribution in [3.63, 3.8) is 0 Å². The van der Waals surface area contributed by atoms with E-state index in [1.54, 1.807) is 13.0 Å². The Morgan fingerprint density at radius 1 is 1.56 bits per heavy atom. The number of aromatic nitrogens is 2. The highest BCUT2D eigenvalue weighted by Gasteiger charge is 2.21. The molecule has 0 aliphatic rings. The van der Waals surface area contributed by atoms with Crippen molar-refractivity contribution in [1.82, 2.24) is 9.78 Å². The van der Waals surface area contributed by atoms with Crippen LogP contribution >= 0.6 is 11.6 Å². The first-order chi connectivity index (χ1) is 8.54. The zero-order valence-electron chi connectivity index (χ0n) is 9.52. The van der Waals surface area contributed by atoms with Gasteiger partial charge in [0.05, 0.1) is 5.69 Å². The highest BCUT2D eigenvalue weighted by Crippen LogP contribution is 2.31. The predicted molar refractivity (Wildman–Crippen MR) is 65.3 cm³/mol. The number of aromatic carboxylic acids is 1. The van der Waals surface area contributed by atoms with Crippen LogP contribution in [-0.2, 0) is 6.54 Å². The summed E-state index contributed by atoms with van der Waals surface area (Å²) < 4.78 is 14.6. The van der Waals surface area contributed by atoms with E-state index in [1.165, 1.54) is 22.9 Å². The fraction of sp³-hybridized carbons (Fsp3) is 0.167. The van der Waals surface area contributed by atoms with Crippen LogP contribution in [0.4, 0.5) is 4.39 Å². The predicted octanol–water partition coefficient (Wildman–Crippen LogP) is 3.06. The number of halogens is 2. The molecule has 0 fully saturated rings. The maximum absolute atomic E-state index is 13.2. The third-order valence-electron chi connectivity index (χ3n) is 2.49. The zero-order chi connectivity index (χ0) is 13.3. The lowest BCUT2D eigenvalue weighted by Gasteiger charge is -2.05. The zero-order valence-corrected chi connectivity index (χ0v) is 10.3. The topological polar surface area (TPSA) is 55.1 Å². The molecule has 1 N–H and O–H groups in total. The van der Waals surface area contributed by atoms with Gasteiger partial charge in [-0.2, -0.15) is 5.10 Å². The molecule has 0 saturated heterocycles. The van der Waals surface area contributed by atoms with Crippen LogP contribution in [0.2, 0.25) is 5.02 Å². The van der Waals surface area contributed by atoms with Gasteiger partial charge in [-0.1, -0.05) is 23.7 Å². The molecular weight excluding hydrogens is 259 g/mol. The Hall–Kier alpha value is -1.88. The van der Waals surface area contributed by atoms with Crippen molar-refractivity contribution >= 4 is 17.6 Å². The summed E-state index contributed by atoms with van der Waals surface area (Å²) in [5.74, 6) is -1.62. The molecule has 94 valence electrons. The molecule has 0 unspecified atom stereocenters. The molecule has 0 aliphatic heterocycles. The van der Waals surface area contributed by atoms with Crippen LogP contribution in [0, 0.1) is 5.82 Å². The van der Waals surface area contributed by atoms with Crippen LogP contribution in [0.15, 0.2) is 24.3 Å². The van der Waals surface area contributed by atoms with Crippen molar-refractivity contribution in [3.8, 4) is 11.3 Å². The Kier molecular flexibility index (Phi) is 3.34. The van der Waals surface area contributed by atoms with Crippen molar-refractivity contribution in [2.45, 2.75) is 13.5 Å². The van der Waals surface area contributed by atoms with Crippen LogP contribution in [0.5, 0.6) is 0 Å². The lowest BCUT2D eigenvalue weighted by molar-refractivity contribution is 0.0689. The first-order valence-corrected chi connectivity index (χ1v) is 5.68. The molecule has 0 amide bonds. The monoisotopic (exact) mass is 268 g/mol. The number of hydrogen-bond acceptors (Lipinski definition) is 2. The van der Waals surface area contributed by atoms with Gasteiger partial charge in [0.15, 0.2) is 5.69 Å². The number of hydrogen-bond donors (Lipinski definition) is 1. The van der Waals surface area contributed by atoms with E-state index < -0.39 is 11.8 Å². The Labute approximate surface area is 108 Å². The first-order valence-electron chi connectivity index (χ1n) is 5.30. The fourth-order valence-electron chi connectivity index (χ4n) is 1.72. The van der Waals surface area contributed by atoms with Gasteiger partial charge >= 0.3 is 5.97 Å². The molecule has 1 heterocycles. The smallest absolute Gasteiger partial charge is 0.358 e. The van der Waals surface area contributed by atoms with Gasteiger partial charge in [-0.3, -0.25) is 4.68 Å². The van der Waals surface area contributed by atoms with Crippen LogP contribution in [0.25, 0.3) is 11.3 Å². The van der Waals surface area contributed by atoms with Gasteiger partial charge in [-0.15, -0.1) is 0 Å². The van der Waals surface area contributed by atoms with Gasteiger partial charge in [0.2, 0.25) is 0 Å². The van der Waals surface area contributed by atoms with Gasteiger partial charge < -0.3 is 5.11 Å². The third kappa shape index (κ3) is 2.09. The van der Waals surface area contributed by atoms with E-state index in [4.69, 9.17) is 16.7 Å². The normalized spacial score (nSPS) is 10.6. The van der Waals surface area contributed by atoms with Gasteiger partial charge in [0, 0.05) is 12.1 Å². The average Bonchev–Trinajstić information content (AvgIpc) is 2.66. The van der Waals surface area contributed by atoms with E-state index in [-0.39, 0.29) is 10.7 Å². The third-order valence-corrected chi connectivity index (χ3v) is 2.85. The molecule has 0 bridgehead atoms. The van der Waals surface area contributed by atoms with E-state index in [1.807, 2.05) is 0 Å². The Morgan fingerprint density at radius 2 is 2.28 bits per heavy atom. The molecular formula is C12H10ClFN2O2. The minimum Gasteiger partial charge on any atom is -0.476 e. The summed E-state index contributed by atoms with van der Waals surface area (Å²) >= 11 is 6.00. The number of benzene rings is 1. The van der Waals surface area contributed by atoms with E-state index in [0.29, 0.717) is 17.8 Å². The summed E-state index contributed by atoms with van der Waals surface area (Å²) in [5.41, 5.74) is 0.690. The molecule has 0 radical (unpaired) electrons. The summed E-state index contributed by atoms with van der Waals surface area (Å²) in [6, 6.07) is 5.79. The maximum atomic E-state index is 13.2. The summed E-state index contributed by atoms with van der Waals surface area (Å²) in [4.78, 5) is 11.0. The maximum Gasteiger partial charge on any atom is 0.358 e. The van der Waals surface area contributed by atoms with Crippen molar-refractivity contribution in [2.24, 2.45) is 0 Å². The summed E-state index contributed by atoms with van der Waals surface area (Å²) in [7, 11) is 0. The lowest BCUT2D eigenvalue weighted by atomic mass is 10.1. The molecule has 1 aromatic heterocycles. The summed E-state index contributed by atoms with van der Waals surface area (Å²) in [6.07, 6.45) is 0. The molecule has 18 heavy (non-hydrogen) atoms. The van der Waals surface area contributed by atoms with Gasteiger partial charge in [0.1, 0.15) is 10.8 Å². The van der Waals surface area contributed by atoms with Crippen LogP contribution < -0.4 is 0 Å². The van der Waals surface area contributed by atoms with Gasteiger partial charge in [0.25, 0.3) is 0 Å². The highest BCUT2D eigenvalue weighted by molar-refractivity contribution is 6.35. The molecule has 4 nitrogen and oxygen atoms in total. The molecule has 0 saturated carbocycles. The van der Waals surface area contributed by atoms with Crippen molar-refractivity contribution in [1.29, 1.82) is 0 Å². The highest BCUT2D eigenvalue weighted by atomic mass is 35.5. The Bertz CT molecular complexity index is 610. The number of nitrogens with zero attached hydrogens (tertiary/aromatic N) is 2. The lowest BCUT2D eigenvalue weighted by Crippen LogP contribution is -2.02. The summed E-state index contributed by atoms with van der Waals surface area (Å²) in [6.45, 7) is 2.25. The largest absolute Gasteiger partial charge is 0.476 e. The Morgan fingerprint density at radius 3 is 2.83 bits per heavy atom. The molecule has 2 rings (SSSR count). The minimum atomic E-state index is -1.20. The first kappa shape index (κ1) is 12.6. The van der Waals surface area contributed by atoms with E-state index >= 15 is 0 Å². The molecule has 1 aromatic carbocycles. The van der Waals surface area contributed by atoms with E-state index in [2.05, 4.69) is 5.10 Å². The second-order valence-electron chi connectivity index (χ2n) is 3.64. The van der Waals surface area contributed by atoms with E-state index in [0.717, 1.165) is 0 Å². The average molecular weight is 269 g/mol. The number of carboxylic acid groups (broad SMARTS) is 1. The molecule has 2 aromatic rings. The number of carboxylic acids is 1.